The van der Waals surface area contributed by atoms with Gasteiger partial charge in [-0.15, -0.1) is 0 Å². The molecule has 0 saturated carbocycles. The summed E-state index contributed by atoms with van der Waals surface area (Å²) >= 11 is 2.10. The van der Waals surface area contributed by atoms with Crippen molar-refractivity contribution in [2.24, 2.45) is 5.73 Å². The molecule has 0 aliphatic rings. The smallest absolute Gasteiger partial charge is 0.249 e. The van der Waals surface area contributed by atoms with Gasteiger partial charge in [0.2, 0.25) is 5.91 Å². The number of aliphatic hydroxyl groups is 1. The number of carbonyl (C=O) groups excluding carboxylic acids is 1. The minimum Gasteiger partial charge on any atom is -0.380 e. The fourth-order valence-corrected chi connectivity index (χ4v) is 3.43. The molecule has 0 aliphatic carbocycles. The Hall–Kier alpha value is -0.220. The molecule has 0 bridgehead atoms. The summed E-state index contributed by atoms with van der Waals surface area (Å²) in [4.78, 5) is 11.0. The maximum atomic E-state index is 11.0. The average molecular weight is 332 g/mol. The molecule has 0 radical (unpaired) electrons. The molecule has 1 amide bonds. The Morgan fingerprint density at radius 1 is 0.909 bits per heavy atom. The van der Waals surface area contributed by atoms with Gasteiger partial charge in [0.1, 0.15) is 5.60 Å². The number of thioether (sulfide) groups is 1. The second-order valence-electron chi connectivity index (χ2n) is 6.54. The Balaban J connectivity index is 3.16. The summed E-state index contributed by atoms with van der Waals surface area (Å²) in [5.41, 5.74) is 3.81. The van der Waals surface area contributed by atoms with Gasteiger partial charge in [0.05, 0.1) is 0 Å². The van der Waals surface area contributed by atoms with Crippen molar-refractivity contribution >= 4 is 17.7 Å². The van der Waals surface area contributed by atoms with Crippen LogP contribution in [0.3, 0.4) is 0 Å². The average Bonchev–Trinajstić information content (AvgIpc) is 2.47. The molecule has 0 aromatic rings. The van der Waals surface area contributed by atoms with Crippen molar-refractivity contribution < 1.29 is 9.90 Å². The lowest BCUT2D eigenvalue weighted by molar-refractivity contribution is -0.135. The molecule has 0 aliphatic heterocycles. The second-order valence-corrected chi connectivity index (χ2v) is 7.76. The fourth-order valence-electron chi connectivity index (χ4n) is 2.41. The van der Waals surface area contributed by atoms with Crippen LogP contribution in [0.5, 0.6) is 0 Å². The molecular formula is C18H37NO2S. The molecule has 0 rings (SSSR count). The van der Waals surface area contributed by atoms with E-state index in [1.807, 2.05) is 0 Å². The highest BCUT2D eigenvalue weighted by atomic mass is 32.2. The van der Waals surface area contributed by atoms with Crippen LogP contribution in [-0.4, -0.2) is 28.1 Å². The van der Waals surface area contributed by atoms with Crippen molar-refractivity contribution in [3.05, 3.63) is 0 Å². The summed E-state index contributed by atoms with van der Waals surface area (Å²) in [5.74, 6) is 2.01. The van der Waals surface area contributed by atoms with E-state index in [2.05, 4.69) is 18.7 Å². The van der Waals surface area contributed by atoms with Crippen molar-refractivity contribution in [2.75, 3.05) is 11.5 Å². The molecule has 132 valence electrons. The zero-order chi connectivity index (χ0) is 16.7. The fraction of sp³-hybridized carbons (Fsp3) is 0.944. The Morgan fingerprint density at radius 2 is 1.36 bits per heavy atom. The van der Waals surface area contributed by atoms with Gasteiger partial charge in [0.15, 0.2) is 0 Å². The van der Waals surface area contributed by atoms with Gasteiger partial charge in [-0.1, -0.05) is 64.7 Å². The molecular weight excluding hydrogens is 294 g/mol. The first-order chi connectivity index (χ1) is 10.5. The van der Waals surface area contributed by atoms with Crippen LogP contribution < -0.4 is 5.73 Å². The quantitative estimate of drug-likeness (QED) is 0.404. The zero-order valence-corrected chi connectivity index (χ0v) is 15.6. The first kappa shape index (κ1) is 21.8. The lowest BCUT2D eigenvalue weighted by atomic mass is 9.97. The molecule has 0 spiro atoms. The third-order valence-corrected chi connectivity index (χ3v) is 5.28. The van der Waals surface area contributed by atoms with Gasteiger partial charge in [-0.3, -0.25) is 4.79 Å². The van der Waals surface area contributed by atoms with Gasteiger partial charge in [-0.25, -0.2) is 0 Å². The Kier molecular flexibility index (Phi) is 14.2. The summed E-state index contributed by atoms with van der Waals surface area (Å²) in [5, 5.41) is 9.71. The summed E-state index contributed by atoms with van der Waals surface area (Å²) < 4.78 is 0. The largest absolute Gasteiger partial charge is 0.380 e. The molecule has 3 N–H and O–H groups in total. The number of hydrogen-bond donors (Lipinski definition) is 2. The Morgan fingerprint density at radius 3 is 1.86 bits per heavy atom. The van der Waals surface area contributed by atoms with Crippen molar-refractivity contribution in [1.82, 2.24) is 0 Å². The topological polar surface area (TPSA) is 63.3 Å². The first-order valence-electron chi connectivity index (χ1n) is 9.10. The highest BCUT2D eigenvalue weighted by Gasteiger charge is 2.26. The molecule has 4 heteroatoms. The van der Waals surface area contributed by atoms with Gasteiger partial charge in [-0.2, -0.15) is 11.8 Å². The van der Waals surface area contributed by atoms with Crippen LogP contribution in [0.25, 0.3) is 0 Å². The minimum atomic E-state index is -1.33. The lowest BCUT2D eigenvalue weighted by Gasteiger charge is -2.18. The predicted molar refractivity (Wildman–Crippen MR) is 98.2 cm³/mol. The van der Waals surface area contributed by atoms with E-state index in [1.54, 1.807) is 0 Å². The van der Waals surface area contributed by atoms with E-state index in [1.165, 1.54) is 76.2 Å². The van der Waals surface area contributed by atoms with E-state index in [9.17, 15) is 9.90 Å². The molecule has 3 nitrogen and oxygen atoms in total. The van der Waals surface area contributed by atoms with Crippen molar-refractivity contribution in [2.45, 2.75) is 96.5 Å². The minimum absolute atomic E-state index is 0.482. The number of carbonyl (C=O) groups is 1. The number of nitrogens with two attached hydrogens (primary N) is 1. The highest BCUT2D eigenvalue weighted by Crippen LogP contribution is 2.16. The van der Waals surface area contributed by atoms with Gasteiger partial charge in [0, 0.05) is 0 Å². The molecule has 0 fully saturated rings. The first-order valence-corrected chi connectivity index (χ1v) is 10.3. The molecule has 0 heterocycles. The number of unbranched alkanes of at least 4 members (excludes halogenated alkanes) is 9. The number of primary amides is 1. The van der Waals surface area contributed by atoms with Gasteiger partial charge in [0.25, 0.3) is 0 Å². The van der Waals surface area contributed by atoms with E-state index >= 15 is 0 Å². The summed E-state index contributed by atoms with van der Waals surface area (Å²) in [6.07, 6.45) is 14.4. The third-order valence-electron chi connectivity index (χ3n) is 4.13. The van der Waals surface area contributed by atoms with E-state index < -0.39 is 11.5 Å². The van der Waals surface area contributed by atoms with Gasteiger partial charge >= 0.3 is 0 Å². The van der Waals surface area contributed by atoms with Crippen LogP contribution in [-0.2, 0) is 4.79 Å². The SMILES string of the molecule is CCCCCCCSCCCCCCCCC(C)(O)C(N)=O. The lowest BCUT2D eigenvalue weighted by Crippen LogP contribution is -2.40. The summed E-state index contributed by atoms with van der Waals surface area (Å²) in [6, 6.07) is 0. The van der Waals surface area contributed by atoms with E-state index in [-0.39, 0.29) is 0 Å². The van der Waals surface area contributed by atoms with Crippen LogP contribution in [0.1, 0.15) is 90.9 Å². The van der Waals surface area contributed by atoms with Crippen LogP contribution in [0.2, 0.25) is 0 Å². The summed E-state index contributed by atoms with van der Waals surface area (Å²) in [7, 11) is 0. The monoisotopic (exact) mass is 331 g/mol. The van der Waals surface area contributed by atoms with Crippen LogP contribution in [0.15, 0.2) is 0 Å². The predicted octanol–water partition coefficient (Wildman–Crippen LogP) is 4.66. The van der Waals surface area contributed by atoms with Gasteiger partial charge < -0.3 is 10.8 Å². The molecule has 1 atom stereocenters. The maximum absolute atomic E-state index is 11.0. The standard InChI is InChI=1S/C18H37NO2S/c1-3-4-5-9-12-15-22-16-13-10-7-6-8-11-14-18(2,21)17(19)20/h21H,3-16H2,1-2H3,(H2,19,20). The number of hydrogen-bond acceptors (Lipinski definition) is 3. The van der Waals surface area contributed by atoms with Crippen molar-refractivity contribution in [3.63, 3.8) is 0 Å². The maximum Gasteiger partial charge on any atom is 0.249 e. The normalized spacial score (nSPS) is 14.0. The molecule has 1 unspecified atom stereocenters. The third kappa shape index (κ3) is 13.4. The Labute approximate surface area is 141 Å². The second kappa shape index (κ2) is 14.4. The van der Waals surface area contributed by atoms with Crippen LogP contribution in [0.4, 0.5) is 0 Å². The van der Waals surface area contributed by atoms with Crippen LogP contribution in [0, 0.1) is 0 Å². The molecule has 0 saturated heterocycles. The molecule has 0 aromatic heterocycles. The van der Waals surface area contributed by atoms with Crippen molar-refractivity contribution in [1.29, 1.82) is 0 Å². The Bertz CT molecular complexity index is 270. The highest BCUT2D eigenvalue weighted by molar-refractivity contribution is 7.99. The van der Waals surface area contributed by atoms with E-state index in [4.69, 9.17) is 5.73 Å². The molecule has 22 heavy (non-hydrogen) atoms. The molecule has 0 aromatic carbocycles. The van der Waals surface area contributed by atoms with Gasteiger partial charge in [-0.05, 0) is 37.7 Å². The summed E-state index contributed by atoms with van der Waals surface area (Å²) in [6.45, 7) is 3.77. The van der Waals surface area contributed by atoms with Crippen LogP contribution >= 0.6 is 11.8 Å². The van der Waals surface area contributed by atoms with Crippen molar-refractivity contribution in [3.8, 4) is 0 Å². The zero-order valence-electron chi connectivity index (χ0n) is 14.7. The number of amides is 1. The van der Waals surface area contributed by atoms with E-state index in [0.29, 0.717) is 6.42 Å². The van der Waals surface area contributed by atoms with E-state index in [0.717, 1.165) is 12.8 Å². The number of rotatable bonds is 16.